The van der Waals surface area contributed by atoms with Crippen molar-refractivity contribution in [3.8, 4) is 0 Å². The molecule has 0 aliphatic heterocycles. The maximum atomic E-state index is 11.4. The predicted molar refractivity (Wildman–Crippen MR) is 73.5 cm³/mol. The number of methoxy groups -OCH3 is 1. The molecule has 104 valence electrons. The minimum absolute atomic E-state index is 0.0395. The molecule has 0 saturated heterocycles. The Balaban J connectivity index is 2.15. The van der Waals surface area contributed by atoms with Gasteiger partial charge in [-0.05, 0) is 24.5 Å². The molecule has 1 saturated carbocycles. The fourth-order valence-corrected chi connectivity index (χ4v) is 2.83. The van der Waals surface area contributed by atoms with Gasteiger partial charge in [0.25, 0.3) is 0 Å². The van der Waals surface area contributed by atoms with Crippen LogP contribution in [0.4, 0.5) is 4.79 Å². The molecule has 1 aromatic rings. The number of amides is 1. The fraction of sp³-hybridized carbons (Fsp3) is 0.500. The highest BCUT2D eigenvalue weighted by Crippen LogP contribution is 2.47. The first kappa shape index (κ1) is 14.2. The highest BCUT2D eigenvalue weighted by atomic mass is 35.5. The molecule has 1 fully saturated rings. The van der Waals surface area contributed by atoms with Gasteiger partial charge in [-0.2, -0.15) is 0 Å². The van der Waals surface area contributed by atoms with E-state index in [0.717, 1.165) is 12.0 Å². The van der Waals surface area contributed by atoms with E-state index in [-0.39, 0.29) is 12.0 Å². The van der Waals surface area contributed by atoms with Crippen LogP contribution in [0, 0.1) is 0 Å². The Morgan fingerprint density at radius 1 is 1.58 bits per heavy atom. The third-order valence-corrected chi connectivity index (χ3v) is 3.92. The molecule has 1 unspecified atom stereocenters. The molecule has 0 radical (unpaired) electrons. The highest BCUT2D eigenvalue weighted by molar-refractivity contribution is 6.31. The second-order valence-corrected chi connectivity index (χ2v) is 5.13. The first-order valence-corrected chi connectivity index (χ1v) is 6.76. The van der Waals surface area contributed by atoms with E-state index in [0.29, 0.717) is 11.4 Å². The number of nitrogens with zero attached hydrogens (tertiary/aromatic N) is 1. The molecule has 3 atom stereocenters. The number of hydrogen-bond acceptors (Lipinski definition) is 2. The summed E-state index contributed by atoms with van der Waals surface area (Å²) < 4.78 is 5.25. The first-order valence-electron chi connectivity index (χ1n) is 6.38. The van der Waals surface area contributed by atoms with Gasteiger partial charge in [-0.25, -0.2) is 4.79 Å². The average Bonchev–Trinajstić information content (AvgIpc) is 3.15. The van der Waals surface area contributed by atoms with Gasteiger partial charge in [0.2, 0.25) is 0 Å². The lowest BCUT2D eigenvalue weighted by Crippen LogP contribution is -2.42. The van der Waals surface area contributed by atoms with Gasteiger partial charge >= 0.3 is 6.09 Å². The molecule has 1 aliphatic rings. The third-order valence-electron chi connectivity index (χ3n) is 3.57. The van der Waals surface area contributed by atoms with Gasteiger partial charge in [0.15, 0.2) is 0 Å². The third kappa shape index (κ3) is 2.85. The standard InChI is InChI=1S/C14H18ClNO3/c1-3-13(19-2)16(14(17)18)12-8-10(12)9-6-4-5-7-11(9)15/h4-7,10,12-13H,3,8H2,1-2H3,(H,17,18)/t10-,12-,13?/m0/s1. The maximum absolute atomic E-state index is 11.4. The van der Waals surface area contributed by atoms with Crippen LogP contribution in [0.3, 0.4) is 0 Å². The minimum atomic E-state index is -0.937. The molecule has 4 nitrogen and oxygen atoms in total. The van der Waals surface area contributed by atoms with E-state index >= 15 is 0 Å². The minimum Gasteiger partial charge on any atom is -0.465 e. The van der Waals surface area contributed by atoms with Gasteiger partial charge in [-0.1, -0.05) is 36.7 Å². The van der Waals surface area contributed by atoms with E-state index in [4.69, 9.17) is 16.3 Å². The number of halogens is 1. The van der Waals surface area contributed by atoms with Crippen molar-refractivity contribution in [3.63, 3.8) is 0 Å². The lowest BCUT2D eigenvalue weighted by molar-refractivity contribution is -0.0280. The lowest BCUT2D eigenvalue weighted by Gasteiger charge is -2.27. The molecule has 0 spiro atoms. The lowest BCUT2D eigenvalue weighted by atomic mass is 10.1. The Labute approximate surface area is 117 Å². The van der Waals surface area contributed by atoms with Gasteiger partial charge in [0.05, 0.1) is 0 Å². The zero-order valence-corrected chi connectivity index (χ0v) is 11.8. The van der Waals surface area contributed by atoms with E-state index in [1.165, 1.54) is 12.0 Å². The Bertz CT molecular complexity index is 462. The summed E-state index contributed by atoms with van der Waals surface area (Å²) in [5, 5.41) is 10.1. The molecule has 5 heteroatoms. The van der Waals surface area contributed by atoms with Crippen molar-refractivity contribution in [1.82, 2.24) is 4.90 Å². The van der Waals surface area contributed by atoms with Crippen LogP contribution in [0.25, 0.3) is 0 Å². The van der Waals surface area contributed by atoms with Gasteiger partial charge in [0, 0.05) is 24.1 Å². The average molecular weight is 284 g/mol. The van der Waals surface area contributed by atoms with Crippen molar-refractivity contribution in [2.45, 2.75) is 38.0 Å². The van der Waals surface area contributed by atoms with Crippen LogP contribution in [-0.2, 0) is 4.74 Å². The summed E-state index contributed by atoms with van der Waals surface area (Å²) in [6, 6.07) is 7.56. The zero-order chi connectivity index (χ0) is 14.0. The molecule has 0 bridgehead atoms. The van der Waals surface area contributed by atoms with Crippen LogP contribution in [0.5, 0.6) is 0 Å². The molecule has 0 heterocycles. The Hall–Kier alpha value is -1.26. The zero-order valence-electron chi connectivity index (χ0n) is 11.0. The summed E-state index contributed by atoms with van der Waals surface area (Å²) in [5.74, 6) is 0.175. The molecule has 1 N–H and O–H groups in total. The number of carbonyl (C=O) groups is 1. The molecule has 0 aromatic heterocycles. The van der Waals surface area contributed by atoms with E-state index < -0.39 is 12.3 Å². The van der Waals surface area contributed by atoms with Crippen LogP contribution in [0.1, 0.15) is 31.2 Å². The summed E-state index contributed by atoms with van der Waals surface area (Å²) in [7, 11) is 1.54. The van der Waals surface area contributed by atoms with Crippen molar-refractivity contribution in [2.24, 2.45) is 0 Å². The SMILES string of the molecule is CCC(OC)N(C(=O)O)[C@H]1C[C@H]1c1ccccc1Cl. The number of ether oxygens (including phenoxy) is 1. The van der Waals surface area contributed by atoms with Gasteiger partial charge < -0.3 is 9.84 Å². The van der Waals surface area contributed by atoms with Crippen molar-refractivity contribution < 1.29 is 14.6 Å². The molecule has 19 heavy (non-hydrogen) atoms. The molecule has 1 aliphatic carbocycles. The smallest absolute Gasteiger partial charge is 0.409 e. The Kier molecular flexibility index (Phi) is 4.32. The second-order valence-electron chi connectivity index (χ2n) is 4.72. The Morgan fingerprint density at radius 2 is 2.26 bits per heavy atom. The number of hydrogen-bond donors (Lipinski definition) is 1. The topological polar surface area (TPSA) is 49.8 Å². The summed E-state index contributed by atoms with van der Waals surface area (Å²) in [6.45, 7) is 1.91. The summed E-state index contributed by atoms with van der Waals surface area (Å²) >= 11 is 6.16. The quantitative estimate of drug-likeness (QED) is 0.841. The summed E-state index contributed by atoms with van der Waals surface area (Å²) in [6.07, 6.45) is 0.105. The molecular formula is C14H18ClNO3. The van der Waals surface area contributed by atoms with Gasteiger partial charge in [0.1, 0.15) is 6.23 Å². The maximum Gasteiger partial charge on any atom is 0.409 e. The van der Waals surface area contributed by atoms with Crippen LogP contribution in [-0.4, -0.2) is 35.5 Å². The van der Waals surface area contributed by atoms with E-state index in [1.54, 1.807) is 0 Å². The van der Waals surface area contributed by atoms with Crippen LogP contribution in [0.2, 0.25) is 5.02 Å². The van der Waals surface area contributed by atoms with E-state index in [2.05, 4.69) is 0 Å². The van der Waals surface area contributed by atoms with Gasteiger partial charge in [-0.3, -0.25) is 4.90 Å². The van der Waals surface area contributed by atoms with Crippen molar-refractivity contribution >= 4 is 17.7 Å². The van der Waals surface area contributed by atoms with Crippen LogP contribution < -0.4 is 0 Å². The monoisotopic (exact) mass is 283 g/mol. The summed E-state index contributed by atoms with van der Waals surface area (Å²) in [5.41, 5.74) is 1.02. The number of benzene rings is 1. The largest absolute Gasteiger partial charge is 0.465 e. The first-order chi connectivity index (χ1) is 9.10. The van der Waals surface area contributed by atoms with Gasteiger partial charge in [-0.15, -0.1) is 0 Å². The van der Waals surface area contributed by atoms with Crippen molar-refractivity contribution in [3.05, 3.63) is 34.9 Å². The fourth-order valence-electron chi connectivity index (χ4n) is 2.55. The summed E-state index contributed by atoms with van der Waals surface area (Å²) in [4.78, 5) is 12.8. The van der Waals surface area contributed by atoms with Crippen LogP contribution in [0.15, 0.2) is 24.3 Å². The van der Waals surface area contributed by atoms with E-state index in [1.807, 2.05) is 31.2 Å². The Morgan fingerprint density at radius 3 is 2.79 bits per heavy atom. The molecule has 1 aromatic carbocycles. The molecular weight excluding hydrogens is 266 g/mol. The van der Waals surface area contributed by atoms with Crippen LogP contribution >= 0.6 is 11.6 Å². The number of rotatable bonds is 5. The molecule has 2 rings (SSSR count). The van der Waals surface area contributed by atoms with Crippen molar-refractivity contribution in [2.75, 3.05) is 7.11 Å². The normalized spacial score (nSPS) is 22.9. The number of carboxylic acid groups (broad SMARTS) is 1. The van der Waals surface area contributed by atoms with E-state index in [9.17, 15) is 9.90 Å². The second kappa shape index (κ2) is 5.80. The highest BCUT2D eigenvalue weighted by Gasteiger charge is 2.48. The van der Waals surface area contributed by atoms with Crippen molar-refractivity contribution in [1.29, 1.82) is 0 Å². The molecule has 1 amide bonds. The predicted octanol–water partition coefficient (Wildman–Crippen LogP) is 3.56.